The first-order chi connectivity index (χ1) is 6.77. The molecule has 2 aliphatic rings. The molecule has 0 unspecified atom stereocenters. The van der Waals surface area contributed by atoms with Gasteiger partial charge in [0.15, 0.2) is 0 Å². The van der Waals surface area contributed by atoms with E-state index in [0.717, 1.165) is 6.04 Å². The lowest BCUT2D eigenvalue weighted by atomic mass is 10.1. The van der Waals surface area contributed by atoms with Gasteiger partial charge in [0, 0.05) is 24.8 Å². The summed E-state index contributed by atoms with van der Waals surface area (Å²) in [6.45, 7) is 2.42. The normalized spacial score (nSPS) is 27.2. The highest BCUT2D eigenvalue weighted by Crippen LogP contribution is 2.21. The molecule has 2 rings (SSSR count). The minimum atomic E-state index is 0.742. The van der Waals surface area contributed by atoms with Crippen LogP contribution in [0.3, 0.4) is 0 Å². The van der Waals surface area contributed by atoms with Crippen molar-refractivity contribution in [2.75, 3.05) is 27.2 Å². The van der Waals surface area contributed by atoms with Gasteiger partial charge in [-0.2, -0.15) is 0 Å². The number of likely N-dealkylation sites (tertiary alicyclic amines) is 1. The van der Waals surface area contributed by atoms with E-state index in [4.69, 9.17) is 0 Å². The Kier molecular flexibility index (Phi) is 2.92. The van der Waals surface area contributed by atoms with E-state index in [0.29, 0.717) is 0 Å². The molecular weight excluding hydrogens is 172 g/mol. The fourth-order valence-electron chi connectivity index (χ4n) is 2.23. The van der Waals surface area contributed by atoms with Crippen molar-refractivity contribution in [3.63, 3.8) is 0 Å². The molecule has 1 aliphatic heterocycles. The van der Waals surface area contributed by atoms with Crippen LogP contribution in [0.5, 0.6) is 0 Å². The van der Waals surface area contributed by atoms with E-state index < -0.39 is 0 Å². The van der Waals surface area contributed by atoms with Crippen LogP contribution in [0, 0.1) is 0 Å². The minimum absolute atomic E-state index is 0.742. The molecule has 0 saturated carbocycles. The van der Waals surface area contributed by atoms with Gasteiger partial charge in [0.2, 0.25) is 0 Å². The summed E-state index contributed by atoms with van der Waals surface area (Å²) in [4.78, 5) is 4.85. The molecule has 78 valence electrons. The summed E-state index contributed by atoms with van der Waals surface area (Å²) in [6.07, 6.45) is 10.7. The first kappa shape index (κ1) is 9.78. The summed E-state index contributed by atoms with van der Waals surface area (Å²) in [5, 5.41) is 0. The van der Waals surface area contributed by atoms with Gasteiger partial charge in [0.25, 0.3) is 0 Å². The predicted molar refractivity (Wildman–Crippen MR) is 60.1 cm³/mol. The van der Waals surface area contributed by atoms with Crippen molar-refractivity contribution < 1.29 is 0 Å². The van der Waals surface area contributed by atoms with Gasteiger partial charge < -0.3 is 9.80 Å². The lowest BCUT2D eigenvalue weighted by Gasteiger charge is -2.23. The maximum absolute atomic E-state index is 2.51. The van der Waals surface area contributed by atoms with Crippen molar-refractivity contribution in [1.82, 2.24) is 9.80 Å². The average molecular weight is 192 g/mol. The topological polar surface area (TPSA) is 6.48 Å². The van der Waals surface area contributed by atoms with Crippen molar-refractivity contribution >= 4 is 0 Å². The van der Waals surface area contributed by atoms with Crippen LogP contribution in [0.15, 0.2) is 23.9 Å². The zero-order valence-corrected chi connectivity index (χ0v) is 9.24. The van der Waals surface area contributed by atoms with Crippen LogP contribution in [0.4, 0.5) is 0 Å². The summed E-state index contributed by atoms with van der Waals surface area (Å²) in [6, 6.07) is 0.742. The van der Waals surface area contributed by atoms with Crippen LogP contribution in [0.1, 0.15) is 19.3 Å². The number of hydrogen-bond acceptors (Lipinski definition) is 2. The number of hydrogen-bond donors (Lipinski definition) is 0. The van der Waals surface area contributed by atoms with E-state index in [9.17, 15) is 0 Å². The van der Waals surface area contributed by atoms with E-state index in [2.05, 4.69) is 42.1 Å². The first-order valence-corrected chi connectivity index (χ1v) is 5.55. The predicted octanol–water partition coefficient (Wildman–Crippen LogP) is 1.86. The molecule has 0 radical (unpaired) electrons. The van der Waals surface area contributed by atoms with Crippen molar-refractivity contribution in [3.8, 4) is 0 Å². The lowest BCUT2D eigenvalue weighted by molar-refractivity contribution is 0.292. The summed E-state index contributed by atoms with van der Waals surface area (Å²) in [7, 11) is 4.36. The van der Waals surface area contributed by atoms with E-state index in [1.54, 1.807) is 0 Å². The number of likely N-dealkylation sites (N-methyl/N-ethyl adjacent to an activating group) is 1. The third-order valence-corrected chi connectivity index (χ3v) is 3.23. The highest BCUT2D eigenvalue weighted by atomic mass is 15.2. The highest BCUT2D eigenvalue weighted by molar-refractivity contribution is 5.22. The van der Waals surface area contributed by atoms with E-state index >= 15 is 0 Å². The number of rotatable bonds is 2. The van der Waals surface area contributed by atoms with Crippen LogP contribution in [0.25, 0.3) is 0 Å². The second kappa shape index (κ2) is 4.18. The van der Waals surface area contributed by atoms with Gasteiger partial charge in [0.1, 0.15) is 0 Å². The van der Waals surface area contributed by atoms with Gasteiger partial charge in [-0.25, -0.2) is 0 Å². The summed E-state index contributed by atoms with van der Waals surface area (Å²) < 4.78 is 0. The summed E-state index contributed by atoms with van der Waals surface area (Å²) >= 11 is 0. The summed E-state index contributed by atoms with van der Waals surface area (Å²) in [5.41, 5.74) is 1.45. The fourth-order valence-corrected chi connectivity index (χ4v) is 2.23. The third kappa shape index (κ3) is 2.01. The Labute approximate surface area is 86.9 Å². The third-order valence-electron chi connectivity index (χ3n) is 3.23. The van der Waals surface area contributed by atoms with Gasteiger partial charge in [-0.3, -0.25) is 0 Å². The number of nitrogens with zero attached hydrogens (tertiary/aromatic N) is 2. The van der Waals surface area contributed by atoms with Crippen LogP contribution in [-0.4, -0.2) is 43.0 Å². The Bertz CT molecular complexity index is 253. The molecule has 1 saturated heterocycles. The molecule has 0 aromatic carbocycles. The van der Waals surface area contributed by atoms with E-state index in [1.807, 2.05) is 0 Å². The van der Waals surface area contributed by atoms with Crippen molar-refractivity contribution in [1.29, 1.82) is 0 Å². The van der Waals surface area contributed by atoms with Gasteiger partial charge in [-0.05, 0) is 39.4 Å². The molecular formula is C12H20N2. The fraction of sp³-hybridized carbons (Fsp3) is 0.667. The zero-order chi connectivity index (χ0) is 9.97. The second-order valence-corrected chi connectivity index (χ2v) is 4.46. The zero-order valence-electron chi connectivity index (χ0n) is 9.24. The molecule has 0 bridgehead atoms. The van der Waals surface area contributed by atoms with Crippen LogP contribution in [-0.2, 0) is 0 Å². The second-order valence-electron chi connectivity index (χ2n) is 4.46. The Morgan fingerprint density at radius 2 is 2.21 bits per heavy atom. The molecule has 0 amide bonds. The van der Waals surface area contributed by atoms with Gasteiger partial charge in [0.05, 0.1) is 0 Å². The molecule has 0 N–H and O–H groups in total. The molecule has 2 heteroatoms. The van der Waals surface area contributed by atoms with Crippen molar-refractivity contribution in [2.24, 2.45) is 0 Å². The molecule has 14 heavy (non-hydrogen) atoms. The molecule has 1 heterocycles. The Hall–Kier alpha value is -0.760. The highest BCUT2D eigenvalue weighted by Gasteiger charge is 2.24. The lowest BCUT2D eigenvalue weighted by Crippen LogP contribution is -2.31. The standard InChI is InChI=1S/C12H20N2/c1-13(2)12-8-9-14(10-12)11-6-4-3-5-7-11/h4,6-7,12H,3,5,8-10H2,1-2H3/t12-/m0/s1. The Morgan fingerprint density at radius 3 is 2.79 bits per heavy atom. The molecule has 1 fully saturated rings. The monoisotopic (exact) mass is 192 g/mol. The quantitative estimate of drug-likeness (QED) is 0.659. The molecule has 0 spiro atoms. The molecule has 1 aliphatic carbocycles. The van der Waals surface area contributed by atoms with Gasteiger partial charge in [-0.15, -0.1) is 0 Å². The Balaban J connectivity index is 1.95. The molecule has 0 aromatic heterocycles. The average Bonchev–Trinajstić information content (AvgIpc) is 2.68. The van der Waals surface area contributed by atoms with Crippen LogP contribution < -0.4 is 0 Å². The van der Waals surface area contributed by atoms with Crippen LogP contribution >= 0.6 is 0 Å². The largest absolute Gasteiger partial charge is 0.370 e. The molecule has 0 aromatic rings. The minimum Gasteiger partial charge on any atom is -0.370 e. The molecule has 1 atom stereocenters. The van der Waals surface area contributed by atoms with Crippen LogP contribution in [0.2, 0.25) is 0 Å². The summed E-state index contributed by atoms with van der Waals surface area (Å²) in [5.74, 6) is 0. The van der Waals surface area contributed by atoms with E-state index in [1.165, 1.54) is 38.0 Å². The first-order valence-electron chi connectivity index (χ1n) is 5.55. The van der Waals surface area contributed by atoms with Crippen molar-refractivity contribution in [3.05, 3.63) is 23.9 Å². The van der Waals surface area contributed by atoms with Gasteiger partial charge >= 0.3 is 0 Å². The van der Waals surface area contributed by atoms with Crippen molar-refractivity contribution in [2.45, 2.75) is 25.3 Å². The maximum atomic E-state index is 2.51. The SMILES string of the molecule is CN(C)[C@H]1CCN(C2=CCCC=C2)C1. The number of allylic oxidation sites excluding steroid dienone is 3. The Morgan fingerprint density at radius 1 is 1.36 bits per heavy atom. The van der Waals surface area contributed by atoms with E-state index in [-0.39, 0.29) is 0 Å². The maximum Gasteiger partial charge on any atom is 0.0334 e. The molecule has 2 nitrogen and oxygen atoms in total. The van der Waals surface area contributed by atoms with Gasteiger partial charge in [-0.1, -0.05) is 12.2 Å². The smallest absolute Gasteiger partial charge is 0.0334 e.